The molecule has 0 aliphatic rings. The molecule has 0 fully saturated rings. The van der Waals surface area contributed by atoms with Gasteiger partial charge in [-0.2, -0.15) is 10.2 Å². The predicted octanol–water partition coefficient (Wildman–Crippen LogP) is 5.94. The zero-order valence-electron chi connectivity index (χ0n) is 21.7. The molecular formula is C28H43Cl2N3O2. The van der Waals surface area contributed by atoms with Crippen LogP contribution in [0.3, 0.4) is 0 Å². The van der Waals surface area contributed by atoms with E-state index in [1.807, 2.05) is 18.2 Å². The van der Waals surface area contributed by atoms with Crippen LogP contribution in [0.25, 0.3) is 0 Å². The van der Waals surface area contributed by atoms with Gasteiger partial charge in [-0.3, -0.25) is 0 Å². The third-order valence-corrected chi connectivity index (χ3v) is 6.10. The van der Waals surface area contributed by atoms with Crippen LogP contribution in [-0.2, 0) is 11.3 Å². The fraction of sp³-hybridized carbons (Fsp3) is 0.571. The highest BCUT2D eigenvalue weighted by atomic mass is 35.5. The van der Waals surface area contributed by atoms with Crippen molar-refractivity contribution >= 4 is 23.0 Å². The molecule has 5 nitrogen and oxygen atoms in total. The standard InChI is InChI=1S/C28H42ClN3O2.ClH/c1-4-5-6-7-8-9-10-11-12-13-20-34-23-32(2,3)22-24-21-27(18-19-28(24)33)31-30-26-16-14-25(29)15-17-26;/h14-19,21H,4-13,20,22-23H2,1-3H3;1H. The fourth-order valence-electron chi connectivity index (χ4n) is 3.89. The van der Waals surface area contributed by atoms with Gasteiger partial charge in [0.2, 0.25) is 0 Å². The summed E-state index contributed by atoms with van der Waals surface area (Å²) in [7, 11) is 4.22. The fourth-order valence-corrected chi connectivity index (χ4v) is 4.02. The molecule has 0 amide bonds. The van der Waals surface area contributed by atoms with Crippen LogP contribution in [-0.4, -0.2) is 37.0 Å². The first-order chi connectivity index (χ1) is 16.4. The number of hydrogen-bond acceptors (Lipinski definition) is 4. The lowest BCUT2D eigenvalue weighted by Gasteiger charge is -2.29. The molecule has 0 heterocycles. The molecule has 2 aromatic rings. The molecule has 0 saturated heterocycles. The number of aromatic hydroxyl groups is 1. The number of phenolic OH excluding ortho intramolecular Hbond substituents is 1. The summed E-state index contributed by atoms with van der Waals surface area (Å²) in [6.07, 6.45) is 13.3. The van der Waals surface area contributed by atoms with Crippen molar-refractivity contribution in [2.45, 2.75) is 77.7 Å². The molecule has 0 atom stereocenters. The Hall–Kier alpha value is -1.66. The van der Waals surface area contributed by atoms with Crippen molar-refractivity contribution in [2.75, 3.05) is 27.4 Å². The van der Waals surface area contributed by atoms with Gasteiger partial charge in [0.05, 0.1) is 37.6 Å². The molecule has 2 rings (SSSR count). The minimum atomic E-state index is 0. The first kappa shape index (κ1) is 31.4. The molecule has 0 unspecified atom stereocenters. The summed E-state index contributed by atoms with van der Waals surface area (Å²) in [5.41, 5.74) is 2.27. The van der Waals surface area contributed by atoms with E-state index in [-0.39, 0.29) is 18.2 Å². The van der Waals surface area contributed by atoms with E-state index in [9.17, 15) is 5.11 Å². The number of quaternary nitrogens is 1. The van der Waals surface area contributed by atoms with E-state index in [1.165, 1.54) is 57.8 Å². The van der Waals surface area contributed by atoms with Crippen LogP contribution < -0.4 is 12.4 Å². The molecule has 196 valence electrons. The Morgan fingerprint density at radius 3 is 1.97 bits per heavy atom. The van der Waals surface area contributed by atoms with E-state index in [0.29, 0.717) is 28.5 Å². The number of ether oxygens (including phenoxy) is 1. The lowest BCUT2D eigenvalue weighted by atomic mass is 10.1. The van der Waals surface area contributed by atoms with Crippen molar-refractivity contribution in [1.82, 2.24) is 0 Å². The van der Waals surface area contributed by atoms with Gasteiger partial charge in [-0.15, -0.1) is 0 Å². The number of rotatable bonds is 17. The van der Waals surface area contributed by atoms with Crippen LogP contribution in [0.1, 0.15) is 76.7 Å². The second kappa shape index (κ2) is 17.7. The predicted molar refractivity (Wildman–Crippen MR) is 142 cm³/mol. The van der Waals surface area contributed by atoms with Crippen LogP contribution >= 0.6 is 11.6 Å². The van der Waals surface area contributed by atoms with Gasteiger partial charge >= 0.3 is 0 Å². The summed E-state index contributed by atoms with van der Waals surface area (Å²) in [4.78, 5) is 0. The summed E-state index contributed by atoms with van der Waals surface area (Å²) < 4.78 is 6.59. The van der Waals surface area contributed by atoms with Crippen molar-refractivity contribution in [2.24, 2.45) is 10.2 Å². The molecule has 0 bridgehead atoms. The highest BCUT2D eigenvalue weighted by Crippen LogP contribution is 2.27. The lowest BCUT2D eigenvalue weighted by Crippen LogP contribution is -3.00. The Labute approximate surface area is 223 Å². The van der Waals surface area contributed by atoms with Gasteiger partial charge in [0, 0.05) is 5.02 Å². The maximum Gasteiger partial charge on any atom is 0.182 e. The monoisotopic (exact) mass is 523 g/mol. The number of azo groups is 1. The van der Waals surface area contributed by atoms with Gasteiger partial charge in [-0.1, -0.05) is 76.3 Å². The number of halogens is 2. The Morgan fingerprint density at radius 2 is 1.34 bits per heavy atom. The molecular weight excluding hydrogens is 481 g/mol. The summed E-state index contributed by atoms with van der Waals surface area (Å²) in [5.74, 6) is 0.270. The molecule has 0 aliphatic heterocycles. The first-order valence-electron chi connectivity index (χ1n) is 12.8. The van der Waals surface area contributed by atoms with Crippen LogP contribution in [0.5, 0.6) is 5.75 Å². The molecule has 35 heavy (non-hydrogen) atoms. The van der Waals surface area contributed by atoms with Crippen LogP contribution in [0, 0.1) is 0 Å². The summed E-state index contributed by atoms with van der Waals surface area (Å²) in [6, 6.07) is 12.5. The van der Waals surface area contributed by atoms with Crippen molar-refractivity contribution < 1.29 is 26.7 Å². The number of unbranched alkanes of at least 4 members (excludes halogenated alkanes) is 9. The van der Waals surface area contributed by atoms with E-state index in [4.69, 9.17) is 16.3 Å². The zero-order chi connectivity index (χ0) is 24.7. The highest BCUT2D eigenvalue weighted by Gasteiger charge is 2.19. The Kier molecular flexibility index (Phi) is 15.9. The zero-order valence-corrected chi connectivity index (χ0v) is 23.2. The van der Waals surface area contributed by atoms with Crippen LogP contribution in [0.15, 0.2) is 52.7 Å². The highest BCUT2D eigenvalue weighted by molar-refractivity contribution is 6.30. The molecule has 0 aliphatic carbocycles. The Bertz CT molecular complexity index is 858. The quantitative estimate of drug-likeness (QED) is 0.121. The molecule has 0 aromatic heterocycles. The molecule has 0 spiro atoms. The van der Waals surface area contributed by atoms with Crippen LogP contribution in [0.2, 0.25) is 5.02 Å². The van der Waals surface area contributed by atoms with E-state index in [2.05, 4.69) is 31.2 Å². The third kappa shape index (κ3) is 13.9. The lowest BCUT2D eigenvalue weighted by molar-refractivity contribution is -0.922. The summed E-state index contributed by atoms with van der Waals surface area (Å²) >= 11 is 5.91. The number of nitrogens with zero attached hydrogens (tertiary/aromatic N) is 3. The molecule has 1 N–H and O–H groups in total. The largest absolute Gasteiger partial charge is 1.00 e. The maximum absolute atomic E-state index is 10.3. The smallest absolute Gasteiger partial charge is 0.182 e. The van der Waals surface area contributed by atoms with Gasteiger partial charge in [-0.25, -0.2) is 0 Å². The number of phenols is 1. The first-order valence-corrected chi connectivity index (χ1v) is 13.2. The van der Waals surface area contributed by atoms with Crippen molar-refractivity contribution in [3.8, 4) is 5.75 Å². The molecule has 7 heteroatoms. The van der Waals surface area contributed by atoms with Gasteiger partial charge < -0.3 is 26.7 Å². The number of hydrogen-bond donors (Lipinski definition) is 1. The maximum atomic E-state index is 10.3. The van der Waals surface area contributed by atoms with Gasteiger partial charge in [0.15, 0.2) is 6.73 Å². The minimum Gasteiger partial charge on any atom is -1.00 e. The normalized spacial score (nSPS) is 11.7. The summed E-state index contributed by atoms with van der Waals surface area (Å²) in [5, 5.41) is 19.6. The van der Waals surface area contributed by atoms with Crippen molar-refractivity contribution in [1.29, 1.82) is 0 Å². The molecule has 0 radical (unpaired) electrons. The van der Waals surface area contributed by atoms with E-state index in [1.54, 1.807) is 24.3 Å². The SMILES string of the molecule is CCCCCCCCCCCCOC[N+](C)(C)Cc1cc(N=Nc2ccc(Cl)cc2)ccc1O.[Cl-]. The Balaban J connectivity index is 0.00000612. The third-order valence-electron chi connectivity index (χ3n) is 5.85. The second-order valence-electron chi connectivity index (χ2n) is 9.80. The van der Waals surface area contributed by atoms with E-state index < -0.39 is 0 Å². The Morgan fingerprint density at radius 1 is 0.800 bits per heavy atom. The summed E-state index contributed by atoms with van der Waals surface area (Å²) in [6.45, 7) is 4.31. The van der Waals surface area contributed by atoms with E-state index in [0.717, 1.165) is 24.3 Å². The van der Waals surface area contributed by atoms with Crippen LogP contribution in [0.4, 0.5) is 11.4 Å². The molecule has 0 saturated carbocycles. The molecule has 2 aromatic carbocycles. The van der Waals surface area contributed by atoms with Crippen molar-refractivity contribution in [3.63, 3.8) is 0 Å². The van der Waals surface area contributed by atoms with Gasteiger partial charge in [-0.05, 0) is 48.9 Å². The van der Waals surface area contributed by atoms with Gasteiger partial charge in [0.1, 0.15) is 12.3 Å². The number of benzene rings is 2. The van der Waals surface area contributed by atoms with E-state index >= 15 is 0 Å². The second-order valence-corrected chi connectivity index (χ2v) is 10.2. The van der Waals surface area contributed by atoms with Gasteiger partial charge in [0.25, 0.3) is 0 Å². The minimum absolute atomic E-state index is 0. The topological polar surface area (TPSA) is 54.2 Å². The average molecular weight is 525 g/mol. The average Bonchev–Trinajstić information content (AvgIpc) is 2.81. The van der Waals surface area contributed by atoms with Crippen molar-refractivity contribution in [3.05, 3.63) is 53.1 Å².